The SMILES string of the molecule is Cc1ccc(C(=O)NN=Cc2cccc(Cl)c2Cl)o1. The molecule has 1 amide bonds. The van der Waals surface area contributed by atoms with Crippen LogP contribution in [0.3, 0.4) is 0 Å². The van der Waals surface area contributed by atoms with Crippen LogP contribution in [-0.4, -0.2) is 12.1 Å². The lowest BCUT2D eigenvalue weighted by Crippen LogP contribution is -2.16. The molecule has 0 saturated heterocycles. The van der Waals surface area contributed by atoms with E-state index >= 15 is 0 Å². The molecule has 2 aromatic rings. The van der Waals surface area contributed by atoms with E-state index in [-0.39, 0.29) is 5.76 Å². The fourth-order valence-electron chi connectivity index (χ4n) is 1.39. The van der Waals surface area contributed by atoms with E-state index < -0.39 is 5.91 Å². The van der Waals surface area contributed by atoms with Gasteiger partial charge in [0.05, 0.1) is 16.3 Å². The van der Waals surface area contributed by atoms with Crippen molar-refractivity contribution in [3.8, 4) is 0 Å². The molecule has 4 nitrogen and oxygen atoms in total. The molecule has 0 atom stereocenters. The van der Waals surface area contributed by atoms with Crippen LogP contribution in [0.15, 0.2) is 39.9 Å². The number of nitrogens with zero attached hydrogens (tertiary/aromatic N) is 1. The van der Waals surface area contributed by atoms with Crippen LogP contribution in [0, 0.1) is 6.92 Å². The van der Waals surface area contributed by atoms with Crippen molar-refractivity contribution in [3.05, 3.63) is 57.5 Å². The van der Waals surface area contributed by atoms with Gasteiger partial charge in [-0.2, -0.15) is 5.10 Å². The molecule has 0 saturated carbocycles. The van der Waals surface area contributed by atoms with Gasteiger partial charge >= 0.3 is 5.91 Å². The van der Waals surface area contributed by atoms with Crippen molar-refractivity contribution in [1.82, 2.24) is 5.43 Å². The number of halogens is 2. The molecule has 1 N–H and O–H groups in total. The number of rotatable bonds is 3. The summed E-state index contributed by atoms with van der Waals surface area (Å²) in [6, 6.07) is 8.43. The van der Waals surface area contributed by atoms with Crippen LogP contribution in [0.2, 0.25) is 10.0 Å². The van der Waals surface area contributed by atoms with Gasteiger partial charge in [-0.15, -0.1) is 0 Å². The maximum absolute atomic E-state index is 11.6. The van der Waals surface area contributed by atoms with Crippen molar-refractivity contribution in [3.63, 3.8) is 0 Å². The first-order valence-corrected chi connectivity index (χ1v) is 6.17. The highest BCUT2D eigenvalue weighted by atomic mass is 35.5. The monoisotopic (exact) mass is 296 g/mol. The first-order chi connectivity index (χ1) is 9.08. The lowest BCUT2D eigenvalue weighted by Gasteiger charge is -1.99. The molecule has 0 aliphatic carbocycles. The van der Waals surface area contributed by atoms with Crippen molar-refractivity contribution < 1.29 is 9.21 Å². The Morgan fingerprint density at radius 1 is 1.32 bits per heavy atom. The zero-order chi connectivity index (χ0) is 13.8. The molecule has 1 aromatic carbocycles. The minimum Gasteiger partial charge on any atom is -0.456 e. The van der Waals surface area contributed by atoms with Crippen molar-refractivity contribution in [1.29, 1.82) is 0 Å². The Morgan fingerprint density at radius 3 is 2.79 bits per heavy atom. The van der Waals surface area contributed by atoms with E-state index in [1.165, 1.54) is 6.21 Å². The Hall–Kier alpha value is -1.78. The molecule has 0 radical (unpaired) electrons. The van der Waals surface area contributed by atoms with Crippen LogP contribution >= 0.6 is 23.2 Å². The Morgan fingerprint density at radius 2 is 2.11 bits per heavy atom. The Labute approximate surface area is 120 Å². The van der Waals surface area contributed by atoms with E-state index in [4.69, 9.17) is 27.6 Å². The van der Waals surface area contributed by atoms with Gasteiger partial charge in [-0.3, -0.25) is 4.79 Å². The maximum atomic E-state index is 11.6. The number of nitrogens with one attached hydrogen (secondary N) is 1. The molecule has 0 aliphatic rings. The van der Waals surface area contributed by atoms with E-state index in [0.29, 0.717) is 21.4 Å². The van der Waals surface area contributed by atoms with Crippen LogP contribution < -0.4 is 5.43 Å². The fourth-order valence-corrected chi connectivity index (χ4v) is 1.75. The van der Waals surface area contributed by atoms with E-state index in [1.807, 2.05) is 0 Å². The first-order valence-electron chi connectivity index (χ1n) is 5.42. The van der Waals surface area contributed by atoms with Gasteiger partial charge in [0.15, 0.2) is 5.76 Å². The van der Waals surface area contributed by atoms with Gasteiger partial charge in [0.25, 0.3) is 0 Å². The molecule has 0 bridgehead atoms. The smallest absolute Gasteiger partial charge is 0.307 e. The van der Waals surface area contributed by atoms with Crippen molar-refractivity contribution in [2.75, 3.05) is 0 Å². The summed E-state index contributed by atoms with van der Waals surface area (Å²) in [6.45, 7) is 1.76. The highest BCUT2D eigenvalue weighted by Gasteiger charge is 2.08. The predicted octanol–water partition coefficient (Wildman–Crippen LogP) is 3.66. The zero-order valence-corrected chi connectivity index (χ0v) is 11.5. The number of benzene rings is 1. The summed E-state index contributed by atoms with van der Waals surface area (Å²) < 4.78 is 5.16. The Balaban J connectivity index is 2.04. The summed E-state index contributed by atoms with van der Waals surface area (Å²) in [6.07, 6.45) is 1.42. The average Bonchev–Trinajstić information content (AvgIpc) is 2.81. The molecule has 0 fully saturated rings. The second-order valence-electron chi connectivity index (χ2n) is 3.75. The van der Waals surface area contributed by atoms with Crippen molar-refractivity contribution in [2.45, 2.75) is 6.92 Å². The first kappa shape index (κ1) is 13.6. The lowest BCUT2D eigenvalue weighted by atomic mass is 10.2. The number of hydrogen-bond acceptors (Lipinski definition) is 3. The molecule has 0 spiro atoms. The number of aryl methyl sites for hydroxylation is 1. The standard InChI is InChI=1S/C13H10Cl2N2O2/c1-8-5-6-11(19-8)13(18)17-16-7-9-3-2-4-10(14)12(9)15/h2-7H,1H3,(H,17,18). The van der Waals surface area contributed by atoms with E-state index in [9.17, 15) is 4.79 Å². The summed E-state index contributed by atoms with van der Waals surface area (Å²) in [5, 5.41) is 4.62. The summed E-state index contributed by atoms with van der Waals surface area (Å²) >= 11 is 11.8. The molecule has 98 valence electrons. The minimum atomic E-state index is -0.428. The van der Waals surface area contributed by atoms with Gasteiger partial charge < -0.3 is 4.42 Å². The molecule has 6 heteroatoms. The van der Waals surface area contributed by atoms with Gasteiger partial charge in [0.1, 0.15) is 5.76 Å². The predicted molar refractivity (Wildman–Crippen MR) is 75.0 cm³/mol. The molecular formula is C13H10Cl2N2O2. The topological polar surface area (TPSA) is 54.6 Å². The van der Waals surface area contributed by atoms with Crippen LogP contribution in [0.25, 0.3) is 0 Å². The normalized spacial score (nSPS) is 10.9. The second-order valence-corrected chi connectivity index (χ2v) is 4.54. The number of hydrazone groups is 1. The third-order valence-corrected chi connectivity index (χ3v) is 3.15. The Bertz CT molecular complexity index is 635. The third-order valence-electron chi connectivity index (χ3n) is 2.32. The largest absolute Gasteiger partial charge is 0.456 e. The number of furan rings is 1. The molecule has 0 aliphatic heterocycles. The van der Waals surface area contributed by atoms with E-state index in [0.717, 1.165) is 0 Å². The number of amides is 1. The third kappa shape index (κ3) is 3.36. The zero-order valence-electron chi connectivity index (χ0n) is 9.98. The number of hydrogen-bond donors (Lipinski definition) is 1. The van der Waals surface area contributed by atoms with Gasteiger partial charge in [0.2, 0.25) is 0 Å². The summed E-state index contributed by atoms with van der Waals surface area (Å²) in [5.74, 6) is 0.432. The summed E-state index contributed by atoms with van der Waals surface area (Å²) in [4.78, 5) is 11.6. The molecule has 1 heterocycles. The minimum absolute atomic E-state index is 0.201. The van der Waals surface area contributed by atoms with Gasteiger partial charge in [-0.25, -0.2) is 5.43 Å². The quantitative estimate of drug-likeness (QED) is 0.694. The van der Waals surface area contributed by atoms with Crippen LogP contribution in [0.5, 0.6) is 0 Å². The van der Waals surface area contributed by atoms with Crippen LogP contribution in [-0.2, 0) is 0 Å². The lowest BCUT2D eigenvalue weighted by molar-refractivity contribution is 0.0926. The second kappa shape index (κ2) is 5.91. The van der Waals surface area contributed by atoms with Crippen LogP contribution in [0.1, 0.15) is 21.9 Å². The Kier molecular flexibility index (Phi) is 4.24. The molecule has 1 aromatic heterocycles. The average molecular weight is 297 g/mol. The van der Waals surface area contributed by atoms with Crippen LogP contribution in [0.4, 0.5) is 0 Å². The molecule has 19 heavy (non-hydrogen) atoms. The number of carbonyl (C=O) groups excluding carboxylic acids is 1. The van der Waals surface area contributed by atoms with Crippen molar-refractivity contribution in [2.24, 2.45) is 5.10 Å². The number of carbonyl (C=O) groups is 1. The molecular weight excluding hydrogens is 287 g/mol. The highest BCUT2D eigenvalue weighted by molar-refractivity contribution is 6.43. The summed E-state index contributed by atoms with van der Waals surface area (Å²) in [5.41, 5.74) is 2.96. The fraction of sp³-hybridized carbons (Fsp3) is 0.0769. The highest BCUT2D eigenvalue weighted by Crippen LogP contribution is 2.24. The van der Waals surface area contributed by atoms with Gasteiger partial charge in [0, 0.05) is 5.56 Å². The van der Waals surface area contributed by atoms with Gasteiger partial charge in [-0.05, 0) is 25.1 Å². The molecule has 2 rings (SSSR count). The van der Waals surface area contributed by atoms with Crippen molar-refractivity contribution >= 4 is 35.3 Å². The van der Waals surface area contributed by atoms with E-state index in [1.54, 1.807) is 37.3 Å². The molecule has 0 unspecified atom stereocenters. The van der Waals surface area contributed by atoms with Gasteiger partial charge in [-0.1, -0.05) is 35.3 Å². The summed E-state index contributed by atoms with van der Waals surface area (Å²) in [7, 11) is 0. The van der Waals surface area contributed by atoms with E-state index in [2.05, 4.69) is 10.5 Å². The maximum Gasteiger partial charge on any atom is 0.307 e.